The third kappa shape index (κ3) is 5.92. The Kier molecular flexibility index (Phi) is 6.47. The van der Waals surface area contributed by atoms with Crippen LogP contribution in [0.15, 0.2) is 47.1 Å². The molecule has 3 N–H and O–H groups in total. The van der Waals surface area contributed by atoms with Crippen LogP contribution in [0.4, 0.5) is 4.39 Å². The molecule has 0 bridgehead atoms. The molecular formula is C14H21FN2O3S. The fourth-order valence-corrected chi connectivity index (χ4v) is 3.04. The Bertz CT molecular complexity index is 571. The smallest absolute Gasteiger partial charge is 0.241 e. The number of benzene rings is 1. The summed E-state index contributed by atoms with van der Waals surface area (Å²) in [6, 6.07) is 8.06. The minimum absolute atomic E-state index is 0.0312. The first kappa shape index (κ1) is 17.8. The third-order valence-electron chi connectivity index (χ3n) is 2.63. The SMILES string of the molecule is CC(C)(COC/C(=C\F)CN)NS(=O)(=O)c1ccccc1. The van der Waals surface area contributed by atoms with E-state index in [2.05, 4.69) is 4.72 Å². The third-order valence-corrected chi connectivity index (χ3v) is 4.35. The summed E-state index contributed by atoms with van der Waals surface area (Å²) >= 11 is 0. The van der Waals surface area contributed by atoms with Gasteiger partial charge in [-0.25, -0.2) is 17.5 Å². The molecule has 0 atom stereocenters. The first-order chi connectivity index (χ1) is 9.80. The maximum absolute atomic E-state index is 12.3. The van der Waals surface area contributed by atoms with E-state index in [1.54, 1.807) is 32.0 Å². The minimum atomic E-state index is -3.62. The summed E-state index contributed by atoms with van der Waals surface area (Å²) in [5, 5.41) is 0. The molecule has 0 radical (unpaired) electrons. The zero-order valence-corrected chi connectivity index (χ0v) is 13.0. The normalized spacial score (nSPS) is 13.4. The van der Waals surface area contributed by atoms with Crippen molar-refractivity contribution < 1.29 is 17.5 Å². The summed E-state index contributed by atoms with van der Waals surface area (Å²) in [4.78, 5) is 0.185. The molecule has 0 aliphatic rings. The molecule has 7 heteroatoms. The van der Waals surface area contributed by atoms with Gasteiger partial charge in [0.1, 0.15) is 0 Å². The number of sulfonamides is 1. The van der Waals surface area contributed by atoms with E-state index in [-0.39, 0.29) is 24.7 Å². The lowest BCUT2D eigenvalue weighted by atomic mass is 10.1. The molecule has 0 aromatic heterocycles. The standard InChI is InChI=1S/C14H21FN2O3S/c1-14(2,11-20-10-12(8-15)9-16)17-21(18,19)13-6-4-3-5-7-13/h3-8,17H,9-11,16H2,1-2H3/b12-8-. The molecule has 0 aliphatic carbocycles. The topological polar surface area (TPSA) is 81.4 Å². The van der Waals surface area contributed by atoms with E-state index in [0.29, 0.717) is 11.9 Å². The van der Waals surface area contributed by atoms with Crippen molar-refractivity contribution in [2.24, 2.45) is 5.73 Å². The van der Waals surface area contributed by atoms with Crippen LogP contribution < -0.4 is 10.5 Å². The van der Waals surface area contributed by atoms with Crippen molar-refractivity contribution in [2.75, 3.05) is 19.8 Å². The van der Waals surface area contributed by atoms with Crippen LogP contribution in [0.5, 0.6) is 0 Å². The highest BCUT2D eigenvalue weighted by atomic mass is 32.2. The van der Waals surface area contributed by atoms with Gasteiger partial charge in [-0.2, -0.15) is 0 Å². The molecule has 5 nitrogen and oxygen atoms in total. The van der Waals surface area contributed by atoms with Crippen molar-refractivity contribution in [2.45, 2.75) is 24.3 Å². The maximum atomic E-state index is 12.3. The number of nitrogens with two attached hydrogens (primary N) is 1. The molecule has 1 aromatic rings. The number of halogens is 1. The number of hydrogen-bond acceptors (Lipinski definition) is 4. The van der Waals surface area contributed by atoms with Crippen LogP contribution in [0.1, 0.15) is 13.8 Å². The van der Waals surface area contributed by atoms with Crippen molar-refractivity contribution in [3.63, 3.8) is 0 Å². The lowest BCUT2D eigenvalue weighted by Crippen LogP contribution is -2.47. The molecule has 21 heavy (non-hydrogen) atoms. The molecule has 0 aliphatic heterocycles. The molecule has 1 rings (SSSR count). The Morgan fingerprint density at radius 3 is 2.52 bits per heavy atom. The summed E-state index contributed by atoms with van der Waals surface area (Å²) in [6.07, 6.45) is 0.404. The van der Waals surface area contributed by atoms with Gasteiger partial charge >= 0.3 is 0 Å². The highest BCUT2D eigenvalue weighted by Crippen LogP contribution is 2.13. The van der Waals surface area contributed by atoms with Gasteiger partial charge < -0.3 is 10.5 Å². The van der Waals surface area contributed by atoms with Crippen LogP contribution in [0.25, 0.3) is 0 Å². The molecule has 1 aromatic carbocycles. The van der Waals surface area contributed by atoms with Crippen LogP contribution in [0.2, 0.25) is 0 Å². The Hall–Kier alpha value is -1.28. The van der Waals surface area contributed by atoms with E-state index in [4.69, 9.17) is 10.5 Å². The quantitative estimate of drug-likeness (QED) is 0.763. The zero-order chi connectivity index (χ0) is 15.9. The first-order valence-corrected chi connectivity index (χ1v) is 7.94. The lowest BCUT2D eigenvalue weighted by Gasteiger charge is -2.26. The van der Waals surface area contributed by atoms with Crippen molar-refractivity contribution in [1.82, 2.24) is 4.72 Å². The summed E-state index contributed by atoms with van der Waals surface area (Å²) < 4.78 is 44.6. The average molecular weight is 316 g/mol. The summed E-state index contributed by atoms with van der Waals surface area (Å²) in [6.45, 7) is 3.57. The summed E-state index contributed by atoms with van der Waals surface area (Å²) in [5.41, 5.74) is 4.80. The van der Waals surface area contributed by atoms with Gasteiger partial charge in [0.25, 0.3) is 0 Å². The Balaban J connectivity index is 2.64. The van der Waals surface area contributed by atoms with Crippen LogP contribution in [0.3, 0.4) is 0 Å². The molecular weight excluding hydrogens is 295 g/mol. The van der Waals surface area contributed by atoms with E-state index in [0.717, 1.165) is 0 Å². The minimum Gasteiger partial charge on any atom is -0.375 e. The Morgan fingerprint density at radius 1 is 1.38 bits per heavy atom. The monoisotopic (exact) mass is 316 g/mol. The second kappa shape index (κ2) is 7.65. The van der Waals surface area contributed by atoms with Crippen molar-refractivity contribution >= 4 is 10.0 Å². The van der Waals surface area contributed by atoms with E-state index < -0.39 is 15.6 Å². The van der Waals surface area contributed by atoms with Gasteiger partial charge in [-0.15, -0.1) is 0 Å². The highest BCUT2D eigenvalue weighted by Gasteiger charge is 2.26. The van der Waals surface area contributed by atoms with Crippen molar-refractivity contribution in [1.29, 1.82) is 0 Å². The Labute approximate surface area is 125 Å². The molecule has 0 fully saturated rings. The summed E-state index contributed by atoms with van der Waals surface area (Å²) in [5.74, 6) is 0. The zero-order valence-electron chi connectivity index (χ0n) is 12.2. The molecule has 118 valence electrons. The number of hydrogen-bond donors (Lipinski definition) is 2. The van der Waals surface area contributed by atoms with Crippen molar-refractivity contribution in [3.05, 3.63) is 42.2 Å². The second-order valence-electron chi connectivity index (χ2n) is 5.27. The molecule has 0 amide bonds. The molecule has 0 unspecified atom stereocenters. The van der Waals surface area contributed by atoms with Gasteiger partial charge in [-0.1, -0.05) is 18.2 Å². The van der Waals surface area contributed by atoms with E-state index in [1.165, 1.54) is 12.1 Å². The van der Waals surface area contributed by atoms with Gasteiger partial charge in [0.05, 0.1) is 30.0 Å². The van der Waals surface area contributed by atoms with E-state index in [9.17, 15) is 12.8 Å². The first-order valence-electron chi connectivity index (χ1n) is 6.46. The van der Waals surface area contributed by atoms with E-state index >= 15 is 0 Å². The van der Waals surface area contributed by atoms with Crippen LogP contribution in [0, 0.1) is 0 Å². The molecule has 0 saturated heterocycles. The highest BCUT2D eigenvalue weighted by molar-refractivity contribution is 7.89. The fourth-order valence-electron chi connectivity index (χ4n) is 1.62. The van der Waals surface area contributed by atoms with Crippen LogP contribution in [-0.4, -0.2) is 33.7 Å². The van der Waals surface area contributed by atoms with E-state index in [1.807, 2.05) is 0 Å². The van der Waals surface area contributed by atoms with Gasteiger partial charge in [0, 0.05) is 6.54 Å². The number of rotatable bonds is 8. The lowest BCUT2D eigenvalue weighted by molar-refractivity contribution is 0.107. The Morgan fingerprint density at radius 2 is 2.00 bits per heavy atom. The van der Waals surface area contributed by atoms with Gasteiger partial charge in [0.15, 0.2) is 0 Å². The second-order valence-corrected chi connectivity index (χ2v) is 6.95. The van der Waals surface area contributed by atoms with Crippen LogP contribution in [-0.2, 0) is 14.8 Å². The van der Waals surface area contributed by atoms with Crippen molar-refractivity contribution in [3.8, 4) is 0 Å². The molecule has 0 heterocycles. The predicted octanol–water partition coefficient (Wildman–Crippen LogP) is 1.57. The summed E-state index contributed by atoms with van der Waals surface area (Å²) in [7, 11) is -3.62. The van der Waals surface area contributed by atoms with Gasteiger partial charge in [-0.3, -0.25) is 0 Å². The predicted molar refractivity (Wildman–Crippen MR) is 79.9 cm³/mol. The van der Waals surface area contributed by atoms with Gasteiger partial charge in [-0.05, 0) is 31.6 Å². The average Bonchev–Trinajstić information content (AvgIpc) is 2.43. The number of nitrogens with one attached hydrogen (secondary N) is 1. The molecule has 0 spiro atoms. The van der Waals surface area contributed by atoms with Gasteiger partial charge in [0.2, 0.25) is 10.0 Å². The molecule has 0 saturated carbocycles. The number of ether oxygens (including phenoxy) is 1. The van der Waals surface area contributed by atoms with Crippen LogP contribution >= 0.6 is 0 Å². The fraction of sp³-hybridized carbons (Fsp3) is 0.429. The largest absolute Gasteiger partial charge is 0.375 e. The maximum Gasteiger partial charge on any atom is 0.241 e.